The Morgan fingerprint density at radius 3 is 2.71 bits per heavy atom. The normalized spacial score (nSPS) is 11.5. The van der Waals surface area contributed by atoms with Gasteiger partial charge >= 0.3 is 0 Å². The first-order chi connectivity index (χ1) is 10.2. The number of aliphatic hydroxyl groups is 1. The lowest BCUT2D eigenvalue weighted by Gasteiger charge is -2.14. The Hall–Kier alpha value is -2.15. The van der Waals surface area contributed by atoms with Crippen molar-refractivity contribution in [2.45, 2.75) is 6.10 Å². The maximum atomic E-state index is 9.90. The smallest absolute Gasteiger partial charge is 0.119 e. The van der Waals surface area contributed by atoms with Gasteiger partial charge in [0.2, 0.25) is 0 Å². The van der Waals surface area contributed by atoms with Crippen LogP contribution >= 0.6 is 11.6 Å². The molecule has 0 aliphatic rings. The molecule has 1 atom stereocenters. The summed E-state index contributed by atoms with van der Waals surface area (Å²) in [4.78, 5) is 0. The van der Waals surface area contributed by atoms with Crippen molar-refractivity contribution in [1.82, 2.24) is 0 Å². The number of nitrogens with one attached hydrogen (secondary N) is 1. The highest BCUT2D eigenvalue weighted by Gasteiger charge is 2.05. The van der Waals surface area contributed by atoms with E-state index < -0.39 is 6.10 Å². The van der Waals surface area contributed by atoms with Gasteiger partial charge in [0.15, 0.2) is 0 Å². The second-order valence-electron chi connectivity index (χ2n) is 4.52. The summed E-state index contributed by atoms with van der Waals surface area (Å²) in [5.74, 6) is 3.24. The third-order valence-electron chi connectivity index (χ3n) is 2.83. The molecule has 1 unspecified atom stereocenters. The molecular formula is C17H16ClNO2. The van der Waals surface area contributed by atoms with Crippen molar-refractivity contribution in [2.75, 3.05) is 18.5 Å². The van der Waals surface area contributed by atoms with Crippen molar-refractivity contribution in [3.63, 3.8) is 0 Å². The van der Waals surface area contributed by atoms with E-state index in [2.05, 4.69) is 11.2 Å². The zero-order valence-electron chi connectivity index (χ0n) is 11.4. The summed E-state index contributed by atoms with van der Waals surface area (Å²) >= 11 is 5.79. The highest BCUT2D eigenvalue weighted by Crippen LogP contribution is 2.15. The first kappa shape index (κ1) is 15.2. The van der Waals surface area contributed by atoms with E-state index in [1.54, 1.807) is 24.3 Å². The summed E-state index contributed by atoms with van der Waals surface area (Å²) < 4.78 is 5.48. The predicted molar refractivity (Wildman–Crippen MR) is 85.8 cm³/mol. The highest BCUT2D eigenvalue weighted by molar-refractivity contribution is 6.30. The average molecular weight is 302 g/mol. The Morgan fingerprint density at radius 1 is 1.24 bits per heavy atom. The van der Waals surface area contributed by atoms with Crippen LogP contribution in [0.3, 0.4) is 0 Å². The zero-order valence-corrected chi connectivity index (χ0v) is 12.2. The number of benzene rings is 2. The molecule has 2 aromatic rings. The van der Waals surface area contributed by atoms with E-state index in [9.17, 15) is 5.11 Å². The van der Waals surface area contributed by atoms with E-state index >= 15 is 0 Å². The Morgan fingerprint density at radius 2 is 2.00 bits per heavy atom. The molecule has 108 valence electrons. The minimum atomic E-state index is -0.629. The molecule has 2 aromatic carbocycles. The van der Waals surface area contributed by atoms with Gasteiger partial charge in [-0.25, -0.2) is 0 Å². The molecule has 0 aliphatic carbocycles. The second kappa shape index (κ2) is 7.58. The van der Waals surface area contributed by atoms with Gasteiger partial charge in [-0.1, -0.05) is 23.6 Å². The van der Waals surface area contributed by atoms with Crippen LogP contribution in [0.1, 0.15) is 5.56 Å². The number of aliphatic hydroxyl groups excluding tert-OH is 1. The second-order valence-corrected chi connectivity index (χ2v) is 4.96. The van der Waals surface area contributed by atoms with E-state index in [1.807, 2.05) is 24.3 Å². The number of rotatable bonds is 6. The fraction of sp³-hybridized carbons (Fsp3) is 0.176. The van der Waals surface area contributed by atoms with Crippen molar-refractivity contribution in [2.24, 2.45) is 0 Å². The monoisotopic (exact) mass is 301 g/mol. The molecule has 0 saturated heterocycles. The quantitative estimate of drug-likeness (QED) is 0.805. The lowest BCUT2D eigenvalue weighted by atomic mass is 10.2. The third-order valence-corrected chi connectivity index (χ3v) is 3.08. The van der Waals surface area contributed by atoms with E-state index in [0.29, 0.717) is 17.3 Å². The molecule has 0 fully saturated rings. The van der Waals surface area contributed by atoms with Gasteiger partial charge in [-0.2, -0.15) is 0 Å². The van der Waals surface area contributed by atoms with E-state index in [-0.39, 0.29) is 6.61 Å². The molecule has 0 amide bonds. The molecule has 0 bridgehead atoms. The molecule has 0 aromatic heterocycles. The van der Waals surface area contributed by atoms with Crippen LogP contribution in [0.5, 0.6) is 5.75 Å². The van der Waals surface area contributed by atoms with Crippen molar-refractivity contribution >= 4 is 17.3 Å². The van der Waals surface area contributed by atoms with Crippen molar-refractivity contribution in [3.05, 3.63) is 59.1 Å². The van der Waals surface area contributed by atoms with E-state index in [4.69, 9.17) is 22.8 Å². The Kier molecular flexibility index (Phi) is 5.51. The standard InChI is InChI=1S/C17H16ClNO2/c1-2-13-4-3-5-15(10-13)19-11-16(20)12-21-17-8-6-14(18)7-9-17/h1,3-10,16,19-20H,11-12H2. The first-order valence-electron chi connectivity index (χ1n) is 6.54. The molecule has 0 heterocycles. The fourth-order valence-corrected chi connectivity index (χ4v) is 1.86. The van der Waals surface area contributed by atoms with Crippen LogP contribution in [-0.4, -0.2) is 24.4 Å². The molecule has 0 radical (unpaired) electrons. The molecule has 3 nitrogen and oxygen atoms in total. The topological polar surface area (TPSA) is 41.5 Å². The average Bonchev–Trinajstić information content (AvgIpc) is 2.52. The molecule has 0 saturated carbocycles. The summed E-state index contributed by atoms with van der Waals surface area (Å²) in [5, 5.41) is 13.7. The summed E-state index contributed by atoms with van der Waals surface area (Å²) in [6.45, 7) is 0.574. The minimum absolute atomic E-state index is 0.198. The van der Waals surface area contributed by atoms with Crippen LogP contribution in [0.15, 0.2) is 48.5 Å². The number of hydrogen-bond donors (Lipinski definition) is 2. The van der Waals surface area contributed by atoms with Gasteiger partial charge < -0.3 is 15.2 Å². The SMILES string of the molecule is C#Cc1cccc(NCC(O)COc2ccc(Cl)cc2)c1. The van der Waals surface area contributed by atoms with Gasteiger partial charge in [0.25, 0.3) is 0 Å². The zero-order chi connectivity index (χ0) is 15.1. The van der Waals surface area contributed by atoms with E-state index in [1.165, 1.54) is 0 Å². The molecule has 0 aliphatic heterocycles. The van der Waals surface area contributed by atoms with Crippen molar-refractivity contribution in [1.29, 1.82) is 0 Å². The van der Waals surface area contributed by atoms with Gasteiger partial charge in [-0.15, -0.1) is 6.42 Å². The largest absolute Gasteiger partial charge is 0.491 e. The van der Waals surface area contributed by atoms with Gasteiger partial charge in [-0.3, -0.25) is 0 Å². The first-order valence-corrected chi connectivity index (χ1v) is 6.92. The Balaban J connectivity index is 1.78. The molecule has 21 heavy (non-hydrogen) atoms. The third kappa shape index (κ3) is 5.03. The van der Waals surface area contributed by atoms with Crippen molar-refractivity contribution < 1.29 is 9.84 Å². The number of terminal acetylenes is 1. The molecule has 2 N–H and O–H groups in total. The van der Waals surface area contributed by atoms with Gasteiger partial charge in [0, 0.05) is 22.8 Å². The van der Waals surface area contributed by atoms with Crippen LogP contribution < -0.4 is 10.1 Å². The molecule has 2 rings (SSSR count). The molecule has 4 heteroatoms. The van der Waals surface area contributed by atoms with Crippen LogP contribution in [-0.2, 0) is 0 Å². The van der Waals surface area contributed by atoms with Gasteiger partial charge in [0.1, 0.15) is 18.5 Å². The van der Waals surface area contributed by atoms with Crippen molar-refractivity contribution in [3.8, 4) is 18.1 Å². The summed E-state index contributed by atoms with van der Waals surface area (Å²) in [6.07, 6.45) is 4.71. The summed E-state index contributed by atoms with van der Waals surface area (Å²) in [5.41, 5.74) is 1.67. The number of anilines is 1. The lowest BCUT2D eigenvalue weighted by Crippen LogP contribution is -2.26. The Labute approximate surface area is 129 Å². The van der Waals surface area contributed by atoms with Gasteiger partial charge in [-0.05, 0) is 42.5 Å². The maximum absolute atomic E-state index is 9.90. The fourth-order valence-electron chi connectivity index (χ4n) is 1.74. The number of ether oxygens (including phenoxy) is 1. The molecule has 0 spiro atoms. The summed E-state index contributed by atoms with van der Waals surface area (Å²) in [7, 11) is 0. The van der Waals surface area contributed by atoms with Crippen LogP contribution in [0, 0.1) is 12.3 Å². The van der Waals surface area contributed by atoms with Crippen LogP contribution in [0.2, 0.25) is 5.02 Å². The van der Waals surface area contributed by atoms with Gasteiger partial charge in [0.05, 0.1) is 0 Å². The number of halogens is 1. The summed E-state index contributed by atoms with van der Waals surface area (Å²) in [6, 6.07) is 14.5. The maximum Gasteiger partial charge on any atom is 0.119 e. The van der Waals surface area contributed by atoms with E-state index in [0.717, 1.165) is 11.3 Å². The lowest BCUT2D eigenvalue weighted by molar-refractivity contribution is 0.117. The minimum Gasteiger partial charge on any atom is -0.491 e. The van der Waals surface area contributed by atoms with Crippen LogP contribution in [0.4, 0.5) is 5.69 Å². The van der Waals surface area contributed by atoms with Crippen LogP contribution in [0.25, 0.3) is 0 Å². The Bertz CT molecular complexity index is 619. The highest BCUT2D eigenvalue weighted by atomic mass is 35.5. The predicted octanol–water partition coefficient (Wildman–Crippen LogP) is 3.17. The number of hydrogen-bond acceptors (Lipinski definition) is 3. The molecular weight excluding hydrogens is 286 g/mol.